The van der Waals surface area contributed by atoms with Gasteiger partial charge in [-0.3, -0.25) is 24.6 Å². The molecule has 0 bridgehead atoms. The molecule has 0 N–H and O–H groups in total. The van der Waals surface area contributed by atoms with Gasteiger partial charge in [0.15, 0.2) is 5.78 Å². The number of allylic oxidation sites excluding steroid dienone is 2. The van der Waals surface area contributed by atoms with Crippen LogP contribution in [0.3, 0.4) is 0 Å². The van der Waals surface area contributed by atoms with Crippen LogP contribution in [0.1, 0.15) is 49.7 Å². The molecule has 0 saturated heterocycles. The van der Waals surface area contributed by atoms with Gasteiger partial charge in [0, 0.05) is 42.2 Å². The van der Waals surface area contributed by atoms with Crippen LogP contribution >= 0.6 is 0 Å². The first-order chi connectivity index (χ1) is 14.0. The van der Waals surface area contributed by atoms with Crippen molar-refractivity contribution in [3.63, 3.8) is 0 Å². The fourth-order valence-electron chi connectivity index (χ4n) is 4.41. The van der Waals surface area contributed by atoms with Crippen molar-refractivity contribution in [2.75, 3.05) is 4.90 Å². The van der Waals surface area contributed by atoms with Crippen molar-refractivity contribution >= 4 is 23.1 Å². The Hall–Kier alpha value is -3.28. The number of nitro groups is 1. The lowest BCUT2D eigenvalue weighted by atomic mass is 9.77. The van der Waals surface area contributed by atoms with Gasteiger partial charge in [0.25, 0.3) is 5.69 Å². The first-order valence-corrected chi connectivity index (χ1v) is 9.92. The Morgan fingerprint density at radius 1 is 1.07 bits per heavy atom. The topological polar surface area (TPSA) is 80.5 Å². The second-order valence-corrected chi connectivity index (χ2v) is 7.45. The van der Waals surface area contributed by atoms with E-state index in [9.17, 15) is 19.7 Å². The third-order valence-electron chi connectivity index (χ3n) is 5.79. The van der Waals surface area contributed by atoms with Gasteiger partial charge in [0.2, 0.25) is 5.91 Å². The van der Waals surface area contributed by atoms with Crippen LogP contribution in [0, 0.1) is 10.1 Å². The highest BCUT2D eigenvalue weighted by molar-refractivity contribution is 6.07. The molecule has 6 heteroatoms. The number of hydrogen-bond acceptors (Lipinski definition) is 4. The van der Waals surface area contributed by atoms with Crippen molar-refractivity contribution < 1.29 is 14.5 Å². The number of hydrogen-bond donors (Lipinski definition) is 0. The van der Waals surface area contributed by atoms with Gasteiger partial charge in [-0.2, -0.15) is 0 Å². The molecule has 2 aliphatic rings. The fraction of sp³-hybridized carbons (Fsp3) is 0.304. The second-order valence-electron chi connectivity index (χ2n) is 7.45. The number of carbonyl (C=O) groups is 2. The Labute approximate surface area is 169 Å². The molecule has 148 valence electrons. The first kappa shape index (κ1) is 19.1. The van der Waals surface area contributed by atoms with Gasteiger partial charge in [0.05, 0.1) is 10.6 Å². The number of nitro benzene ring substituents is 1. The maximum Gasteiger partial charge on any atom is 0.269 e. The van der Waals surface area contributed by atoms with Crippen molar-refractivity contribution in [3.8, 4) is 0 Å². The van der Waals surface area contributed by atoms with E-state index in [0.29, 0.717) is 18.4 Å². The predicted octanol–water partition coefficient (Wildman–Crippen LogP) is 4.68. The summed E-state index contributed by atoms with van der Waals surface area (Å²) in [5.74, 6) is -0.320. The minimum atomic E-state index is -0.449. The third kappa shape index (κ3) is 3.35. The summed E-state index contributed by atoms with van der Waals surface area (Å²) in [5.41, 5.74) is 4.18. The Kier molecular flexibility index (Phi) is 5.01. The van der Waals surface area contributed by atoms with E-state index in [1.165, 1.54) is 12.1 Å². The molecule has 0 spiro atoms. The minimum Gasteiger partial charge on any atom is -0.294 e. The monoisotopic (exact) mass is 390 g/mol. The molecule has 1 heterocycles. The van der Waals surface area contributed by atoms with E-state index < -0.39 is 4.92 Å². The Morgan fingerprint density at radius 2 is 1.79 bits per heavy atom. The van der Waals surface area contributed by atoms with Gasteiger partial charge in [-0.1, -0.05) is 37.3 Å². The molecule has 1 aliphatic carbocycles. The molecule has 29 heavy (non-hydrogen) atoms. The summed E-state index contributed by atoms with van der Waals surface area (Å²) in [7, 11) is 0. The number of carbonyl (C=O) groups excluding carboxylic acids is 2. The Bertz CT molecular complexity index is 1020. The molecule has 0 aromatic heterocycles. The molecule has 1 aliphatic heterocycles. The molecule has 1 unspecified atom stereocenters. The molecule has 2 aromatic carbocycles. The largest absolute Gasteiger partial charge is 0.294 e. The van der Waals surface area contributed by atoms with Crippen LogP contribution in [0.5, 0.6) is 0 Å². The maximum absolute atomic E-state index is 13.3. The summed E-state index contributed by atoms with van der Waals surface area (Å²) >= 11 is 0. The first-order valence-electron chi connectivity index (χ1n) is 9.92. The van der Waals surface area contributed by atoms with Crippen LogP contribution in [0.2, 0.25) is 0 Å². The molecule has 0 saturated carbocycles. The van der Waals surface area contributed by atoms with Crippen LogP contribution in [-0.4, -0.2) is 16.6 Å². The van der Waals surface area contributed by atoms with Gasteiger partial charge in [-0.15, -0.1) is 0 Å². The zero-order valence-electron chi connectivity index (χ0n) is 16.3. The average Bonchev–Trinajstić information content (AvgIpc) is 2.73. The van der Waals surface area contributed by atoms with E-state index in [-0.39, 0.29) is 29.7 Å². The van der Waals surface area contributed by atoms with E-state index in [0.717, 1.165) is 35.4 Å². The smallest absolute Gasteiger partial charge is 0.269 e. The van der Waals surface area contributed by atoms with Gasteiger partial charge < -0.3 is 0 Å². The number of aryl methyl sites for hydroxylation is 1. The summed E-state index contributed by atoms with van der Waals surface area (Å²) in [5, 5.41) is 11.0. The maximum atomic E-state index is 13.3. The second kappa shape index (κ2) is 7.62. The fourth-order valence-corrected chi connectivity index (χ4v) is 4.41. The van der Waals surface area contributed by atoms with Gasteiger partial charge >= 0.3 is 0 Å². The lowest BCUT2D eigenvalue weighted by Gasteiger charge is -2.39. The normalized spacial score (nSPS) is 19.3. The van der Waals surface area contributed by atoms with Crippen LogP contribution in [0.15, 0.2) is 59.8 Å². The van der Waals surface area contributed by atoms with Crippen molar-refractivity contribution in [3.05, 3.63) is 81.0 Å². The highest BCUT2D eigenvalue weighted by Crippen LogP contribution is 2.44. The van der Waals surface area contributed by atoms with Crippen LogP contribution < -0.4 is 4.90 Å². The predicted molar refractivity (Wildman–Crippen MR) is 110 cm³/mol. The van der Waals surface area contributed by atoms with Crippen LogP contribution in [0.4, 0.5) is 11.4 Å². The summed E-state index contributed by atoms with van der Waals surface area (Å²) in [6, 6.07) is 14.0. The van der Waals surface area contributed by atoms with Gasteiger partial charge in [-0.25, -0.2) is 0 Å². The standard InChI is InChI=1S/C23H22N2O4/c1-2-15-6-3-4-7-19(15)24-20-8-5-9-21(26)23(20)18(14-22(24)27)16-10-12-17(13-11-16)25(28)29/h3-4,6-7,10-13,18H,2,5,8-9,14H2,1H3. The molecule has 4 rings (SSSR count). The zero-order valence-corrected chi connectivity index (χ0v) is 16.3. The number of ketones is 1. The quantitative estimate of drug-likeness (QED) is 0.560. The van der Waals surface area contributed by atoms with Gasteiger partial charge in [0.1, 0.15) is 0 Å². The number of anilines is 1. The lowest BCUT2D eigenvalue weighted by molar-refractivity contribution is -0.384. The van der Waals surface area contributed by atoms with Crippen molar-refractivity contribution in [1.29, 1.82) is 0 Å². The number of non-ortho nitro benzene ring substituents is 1. The number of para-hydroxylation sites is 1. The number of nitrogens with zero attached hydrogens (tertiary/aromatic N) is 2. The number of rotatable bonds is 4. The van der Waals surface area contributed by atoms with E-state index >= 15 is 0 Å². The van der Waals surface area contributed by atoms with Crippen molar-refractivity contribution in [2.45, 2.75) is 44.9 Å². The molecule has 1 amide bonds. The molecule has 0 radical (unpaired) electrons. The summed E-state index contributed by atoms with van der Waals surface area (Å²) in [6.07, 6.45) is 2.85. The summed E-state index contributed by atoms with van der Waals surface area (Å²) < 4.78 is 0. The van der Waals surface area contributed by atoms with Crippen LogP contribution in [0.25, 0.3) is 0 Å². The van der Waals surface area contributed by atoms with Crippen LogP contribution in [-0.2, 0) is 16.0 Å². The van der Waals surface area contributed by atoms with Crippen molar-refractivity contribution in [1.82, 2.24) is 0 Å². The van der Waals surface area contributed by atoms with E-state index in [1.807, 2.05) is 31.2 Å². The Balaban J connectivity index is 1.83. The van der Waals surface area contributed by atoms with Crippen molar-refractivity contribution in [2.24, 2.45) is 0 Å². The lowest BCUT2D eigenvalue weighted by Crippen LogP contribution is -2.41. The molecule has 6 nitrogen and oxygen atoms in total. The number of benzene rings is 2. The Morgan fingerprint density at radius 3 is 2.48 bits per heavy atom. The number of amides is 1. The molecular weight excluding hydrogens is 368 g/mol. The summed E-state index contributed by atoms with van der Waals surface area (Å²) in [4.78, 5) is 38.4. The minimum absolute atomic E-state index is 0.00133. The molecule has 2 aromatic rings. The SMILES string of the molecule is CCc1ccccc1N1C(=O)CC(c2ccc([N+](=O)[O-])cc2)C2=C1CCCC2=O. The average molecular weight is 390 g/mol. The summed E-state index contributed by atoms with van der Waals surface area (Å²) in [6.45, 7) is 2.05. The third-order valence-corrected chi connectivity index (χ3v) is 5.79. The van der Waals surface area contributed by atoms with E-state index in [4.69, 9.17) is 0 Å². The molecule has 0 fully saturated rings. The molecule has 1 atom stereocenters. The van der Waals surface area contributed by atoms with E-state index in [2.05, 4.69) is 0 Å². The number of Topliss-reactive ketones (excluding diaryl/α,β-unsaturated/α-hetero) is 1. The molecular formula is C23H22N2O4. The highest BCUT2D eigenvalue weighted by Gasteiger charge is 2.40. The van der Waals surface area contributed by atoms with E-state index in [1.54, 1.807) is 17.0 Å². The van der Waals surface area contributed by atoms with Gasteiger partial charge in [-0.05, 0) is 36.5 Å². The highest BCUT2D eigenvalue weighted by atomic mass is 16.6. The zero-order chi connectivity index (χ0) is 20.5.